The van der Waals surface area contributed by atoms with Gasteiger partial charge >= 0.3 is 5.97 Å². The second kappa shape index (κ2) is 4.82. The summed E-state index contributed by atoms with van der Waals surface area (Å²) >= 11 is 0. The molecule has 1 fully saturated rings. The van der Waals surface area contributed by atoms with Gasteiger partial charge in [-0.2, -0.15) is 0 Å². The Labute approximate surface area is 95.6 Å². The molecule has 0 saturated carbocycles. The van der Waals surface area contributed by atoms with Crippen molar-refractivity contribution in [3.05, 3.63) is 0 Å². The summed E-state index contributed by atoms with van der Waals surface area (Å²) in [5, 5.41) is 9.06. The van der Waals surface area contributed by atoms with Gasteiger partial charge in [-0.3, -0.25) is 4.79 Å². The van der Waals surface area contributed by atoms with Crippen LogP contribution >= 0.6 is 0 Å². The second-order valence-corrected chi connectivity index (χ2v) is 4.62. The number of hydrogen-bond donors (Lipinski definition) is 2. The third-order valence-electron chi connectivity index (χ3n) is 3.27. The molecule has 0 bridgehead atoms. The summed E-state index contributed by atoms with van der Waals surface area (Å²) < 4.78 is 0. The SMILES string of the molecule is CCC(C)(N)C(=O)N1CCCC[C@@H]1C(=O)O. The number of piperidine rings is 1. The molecule has 0 radical (unpaired) electrons. The Kier molecular flexibility index (Phi) is 3.91. The van der Waals surface area contributed by atoms with Gasteiger partial charge in [-0.1, -0.05) is 6.92 Å². The van der Waals surface area contributed by atoms with Crippen molar-refractivity contribution < 1.29 is 14.7 Å². The number of carboxylic acids is 1. The first-order valence-electron chi connectivity index (χ1n) is 5.73. The van der Waals surface area contributed by atoms with Crippen LogP contribution in [0.25, 0.3) is 0 Å². The first kappa shape index (κ1) is 13.0. The molecular formula is C11H20N2O3. The standard InChI is InChI=1S/C11H20N2O3/c1-3-11(2,12)10(16)13-7-5-4-6-8(13)9(14)15/h8H,3-7,12H2,1-2H3,(H,14,15)/t8-,11?/m1/s1. The minimum Gasteiger partial charge on any atom is -0.480 e. The van der Waals surface area contributed by atoms with Gasteiger partial charge in [0.1, 0.15) is 6.04 Å². The average molecular weight is 228 g/mol. The number of aliphatic carboxylic acids is 1. The minimum absolute atomic E-state index is 0.248. The van der Waals surface area contributed by atoms with Crippen LogP contribution in [-0.4, -0.2) is 40.0 Å². The first-order chi connectivity index (χ1) is 7.40. The molecule has 0 spiro atoms. The zero-order chi connectivity index (χ0) is 12.3. The van der Waals surface area contributed by atoms with E-state index in [1.807, 2.05) is 6.92 Å². The molecule has 3 N–H and O–H groups in total. The van der Waals surface area contributed by atoms with E-state index in [2.05, 4.69) is 0 Å². The van der Waals surface area contributed by atoms with E-state index < -0.39 is 17.6 Å². The average Bonchev–Trinajstić information content (AvgIpc) is 2.28. The molecule has 92 valence electrons. The van der Waals surface area contributed by atoms with Gasteiger partial charge in [0, 0.05) is 6.54 Å². The molecule has 1 aliphatic heterocycles. The molecule has 5 nitrogen and oxygen atoms in total. The van der Waals surface area contributed by atoms with Gasteiger partial charge < -0.3 is 15.7 Å². The van der Waals surface area contributed by atoms with Crippen LogP contribution in [0.4, 0.5) is 0 Å². The zero-order valence-electron chi connectivity index (χ0n) is 9.90. The second-order valence-electron chi connectivity index (χ2n) is 4.62. The van der Waals surface area contributed by atoms with Gasteiger partial charge in [-0.25, -0.2) is 4.79 Å². The Hall–Kier alpha value is -1.10. The smallest absolute Gasteiger partial charge is 0.326 e. The van der Waals surface area contributed by atoms with Gasteiger partial charge in [-0.05, 0) is 32.6 Å². The lowest BCUT2D eigenvalue weighted by atomic mass is 9.94. The predicted molar refractivity (Wildman–Crippen MR) is 59.9 cm³/mol. The molecular weight excluding hydrogens is 208 g/mol. The normalized spacial score (nSPS) is 24.9. The number of nitrogens with zero attached hydrogens (tertiary/aromatic N) is 1. The summed E-state index contributed by atoms with van der Waals surface area (Å²) in [6.07, 6.45) is 2.75. The largest absolute Gasteiger partial charge is 0.480 e. The van der Waals surface area contributed by atoms with Crippen LogP contribution in [-0.2, 0) is 9.59 Å². The Morgan fingerprint density at radius 1 is 1.50 bits per heavy atom. The maximum Gasteiger partial charge on any atom is 0.326 e. The number of likely N-dealkylation sites (tertiary alicyclic amines) is 1. The van der Waals surface area contributed by atoms with E-state index in [9.17, 15) is 9.59 Å². The van der Waals surface area contributed by atoms with Crippen molar-refractivity contribution in [3.8, 4) is 0 Å². The molecule has 1 saturated heterocycles. The number of hydrogen-bond acceptors (Lipinski definition) is 3. The number of carbonyl (C=O) groups excluding carboxylic acids is 1. The van der Waals surface area contributed by atoms with Crippen molar-refractivity contribution in [2.24, 2.45) is 5.73 Å². The molecule has 0 aliphatic carbocycles. The van der Waals surface area contributed by atoms with Gasteiger partial charge in [0.15, 0.2) is 0 Å². The summed E-state index contributed by atoms with van der Waals surface area (Å²) in [6, 6.07) is -0.698. The molecule has 1 heterocycles. The Morgan fingerprint density at radius 2 is 2.12 bits per heavy atom. The molecule has 5 heteroatoms. The molecule has 0 aromatic heterocycles. The third kappa shape index (κ3) is 2.52. The lowest BCUT2D eigenvalue weighted by Gasteiger charge is -2.37. The van der Waals surface area contributed by atoms with E-state index in [0.717, 1.165) is 12.8 Å². The highest BCUT2D eigenvalue weighted by Crippen LogP contribution is 2.21. The summed E-state index contributed by atoms with van der Waals surface area (Å²) in [7, 11) is 0. The number of rotatable bonds is 3. The van der Waals surface area contributed by atoms with Crippen LogP contribution in [0.15, 0.2) is 0 Å². The molecule has 2 atom stereocenters. The summed E-state index contributed by atoms with van der Waals surface area (Å²) in [4.78, 5) is 24.6. The highest BCUT2D eigenvalue weighted by molar-refractivity contribution is 5.89. The van der Waals surface area contributed by atoms with Gasteiger partial charge in [-0.15, -0.1) is 0 Å². The fourth-order valence-electron chi connectivity index (χ4n) is 1.91. The van der Waals surface area contributed by atoms with Gasteiger partial charge in [0.2, 0.25) is 5.91 Å². The van der Waals surface area contributed by atoms with Crippen LogP contribution in [0.1, 0.15) is 39.5 Å². The number of carboxylic acid groups (broad SMARTS) is 1. The van der Waals surface area contributed by atoms with Crippen molar-refractivity contribution in [1.29, 1.82) is 0 Å². The van der Waals surface area contributed by atoms with E-state index in [0.29, 0.717) is 19.4 Å². The number of nitrogens with two attached hydrogens (primary N) is 1. The van der Waals surface area contributed by atoms with Crippen molar-refractivity contribution in [2.45, 2.75) is 51.1 Å². The van der Waals surface area contributed by atoms with Crippen LogP contribution in [0.3, 0.4) is 0 Å². The lowest BCUT2D eigenvalue weighted by molar-refractivity contribution is -0.154. The fraction of sp³-hybridized carbons (Fsp3) is 0.818. The zero-order valence-corrected chi connectivity index (χ0v) is 9.90. The quantitative estimate of drug-likeness (QED) is 0.740. The Morgan fingerprint density at radius 3 is 2.62 bits per heavy atom. The first-order valence-corrected chi connectivity index (χ1v) is 5.73. The maximum atomic E-state index is 12.1. The monoisotopic (exact) mass is 228 g/mol. The fourth-order valence-corrected chi connectivity index (χ4v) is 1.91. The highest BCUT2D eigenvalue weighted by Gasteiger charge is 2.38. The number of amides is 1. The Balaban J connectivity index is 2.83. The van der Waals surface area contributed by atoms with Crippen molar-refractivity contribution in [1.82, 2.24) is 4.90 Å². The van der Waals surface area contributed by atoms with Gasteiger partial charge in [0.25, 0.3) is 0 Å². The van der Waals surface area contributed by atoms with E-state index in [1.165, 1.54) is 4.90 Å². The Bertz CT molecular complexity index is 289. The van der Waals surface area contributed by atoms with Crippen molar-refractivity contribution >= 4 is 11.9 Å². The molecule has 1 amide bonds. The third-order valence-corrected chi connectivity index (χ3v) is 3.27. The van der Waals surface area contributed by atoms with Crippen molar-refractivity contribution in [3.63, 3.8) is 0 Å². The van der Waals surface area contributed by atoms with E-state index >= 15 is 0 Å². The topological polar surface area (TPSA) is 83.6 Å². The molecule has 1 unspecified atom stereocenters. The van der Waals surface area contributed by atoms with E-state index in [-0.39, 0.29) is 5.91 Å². The maximum absolute atomic E-state index is 12.1. The predicted octanol–water partition coefficient (Wildman–Crippen LogP) is 0.579. The van der Waals surface area contributed by atoms with Crippen LogP contribution in [0.2, 0.25) is 0 Å². The lowest BCUT2D eigenvalue weighted by Crippen LogP contribution is -2.58. The van der Waals surface area contributed by atoms with Crippen molar-refractivity contribution in [2.75, 3.05) is 6.54 Å². The molecule has 0 aromatic rings. The van der Waals surface area contributed by atoms with E-state index in [1.54, 1.807) is 6.92 Å². The summed E-state index contributed by atoms with van der Waals surface area (Å²) in [6.45, 7) is 3.99. The van der Waals surface area contributed by atoms with Crippen LogP contribution in [0, 0.1) is 0 Å². The highest BCUT2D eigenvalue weighted by atomic mass is 16.4. The van der Waals surface area contributed by atoms with E-state index in [4.69, 9.17) is 10.8 Å². The number of carbonyl (C=O) groups is 2. The summed E-state index contributed by atoms with van der Waals surface area (Å²) in [5.41, 5.74) is 4.92. The van der Waals surface area contributed by atoms with Crippen LogP contribution in [0.5, 0.6) is 0 Å². The minimum atomic E-state index is -0.953. The molecule has 16 heavy (non-hydrogen) atoms. The van der Waals surface area contributed by atoms with Gasteiger partial charge in [0.05, 0.1) is 5.54 Å². The van der Waals surface area contributed by atoms with Crippen LogP contribution < -0.4 is 5.73 Å². The molecule has 1 rings (SSSR count). The molecule has 0 aromatic carbocycles. The summed E-state index contributed by atoms with van der Waals surface area (Å²) in [5.74, 6) is -1.18. The molecule has 1 aliphatic rings.